The molecule has 0 N–H and O–H groups in total. The van der Waals surface area contributed by atoms with Crippen molar-refractivity contribution in [2.45, 2.75) is 19.9 Å². The lowest BCUT2D eigenvalue weighted by Gasteiger charge is -2.31. The molecule has 2 aliphatic rings. The van der Waals surface area contributed by atoms with Gasteiger partial charge in [0.25, 0.3) is 11.8 Å². The smallest absolute Gasteiger partial charge is 0.282 e. The van der Waals surface area contributed by atoms with Crippen LogP contribution in [0.1, 0.15) is 23.6 Å². The van der Waals surface area contributed by atoms with Crippen LogP contribution < -0.4 is 9.64 Å². The van der Waals surface area contributed by atoms with Crippen molar-refractivity contribution in [2.75, 3.05) is 18.1 Å². The first-order chi connectivity index (χ1) is 16.1. The third-order valence-corrected chi connectivity index (χ3v) is 6.30. The van der Waals surface area contributed by atoms with Crippen LogP contribution in [0.15, 0.2) is 78.5 Å². The molecule has 0 spiro atoms. The van der Waals surface area contributed by atoms with Crippen LogP contribution in [0.4, 0.5) is 5.69 Å². The molecule has 2 amide bonds. The van der Waals surface area contributed by atoms with Crippen molar-refractivity contribution in [1.82, 2.24) is 4.90 Å². The van der Waals surface area contributed by atoms with E-state index in [4.69, 9.17) is 16.3 Å². The number of amides is 2. The molecule has 0 atom stereocenters. The molecule has 0 saturated carbocycles. The molecular formula is C27H23ClN2O3. The molecule has 3 aromatic rings. The van der Waals surface area contributed by atoms with Gasteiger partial charge in [-0.05, 0) is 66.4 Å². The zero-order valence-corrected chi connectivity index (χ0v) is 19.0. The maximum Gasteiger partial charge on any atom is 0.282 e. The van der Waals surface area contributed by atoms with E-state index in [0.717, 1.165) is 12.2 Å². The molecule has 0 fully saturated rings. The Morgan fingerprint density at radius 1 is 0.879 bits per heavy atom. The predicted molar refractivity (Wildman–Crippen MR) is 129 cm³/mol. The molecule has 0 radical (unpaired) electrons. The van der Waals surface area contributed by atoms with E-state index in [1.54, 1.807) is 24.3 Å². The highest BCUT2D eigenvalue weighted by Gasteiger charge is 2.43. The summed E-state index contributed by atoms with van der Waals surface area (Å²) in [5.74, 6) is 0.0764. The Balaban J connectivity index is 1.59. The van der Waals surface area contributed by atoms with Gasteiger partial charge in [0.05, 0.1) is 17.9 Å². The number of halogens is 1. The molecule has 0 aromatic heterocycles. The van der Waals surface area contributed by atoms with Gasteiger partial charge in [-0.1, -0.05) is 48.0 Å². The average Bonchev–Trinajstić information content (AvgIpc) is 3.10. The minimum atomic E-state index is -0.333. The number of ether oxygens (including phenoxy) is 1. The van der Waals surface area contributed by atoms with Crippen LogP contribution in [-0.2, 0) is 22.6 Å². The second-order valence-corrected chi connectivity index (χ2v) is 8.48. The van der Waals surface area contributed by atoms with Crippen LogP contribution in [0.5, 0.6) is 5.75 Å². The SMILES string of the molecule is CCOc1ccc(C2=C(N3CCc4ccccc4C3)C(=O)N(c3ccc(Cl)cc3)C2=O)cc1. The second kappa shape index (κ2) is 8.75. The molecule has 0 bridgehead atoms. The van der Waals surface area contributed by atoms with E-state index in [2.05, 4.69) is 12.1 Å². The van der Waals surface area contributed by atoms with E-state index >= 15 is 0 Å². The zero-order valence-electron chi connectivity index (χ0n) is 18.3. The van der Waals surface area contributed by atoms with Crippen molar-refractivity contribution >= 4 is 34.7 Å². The Morgan fingerprint density at radius 2 is 1.58 bits per heavy atom. The molecule has 2 heterocycles. The molecule has 5 nitrogen and oxygen atoms in total. The number of benzene rings is 3. The fourth-order valence-electron chi connectivity index (χ4n) is 4.47. The maximum absolute atomic E-state index is 13.7. The van der Waals surface area contributed by atoms with Crippen LogP contribution in [0.2, 0.25) is 5.02 Å². The van der Waals surface area contributed by atoms with Crippen molar-refractivity contribution in [2.24, 2.45) is 0 Å². The quantitative estimate of drug-likeness (QED) is 0.500. The van der Waals surface area contributed by atoms with Gasteiger partial charge in [0.2, 0.25) is 0 Å². The van der Waals surface area contributed by atoms with Crippen LogP contribution in [0, 0.1) is 0 Å². The monoisotopic (exact) mass is 458 g/mol. The summed E-state index contributed by atoms with van der Waals surface area (Å²) in [6.45, 7) is 3.73. The Morgan fingerprint density at radius 3 is 2.27 bits per heavy atom. The van der Waals surface area contributed by atoms with Crippen LogP contribution in [0.25, 0.3) is 5.57 Å². The van der Waals surface area contributed by atoms with E-state index in [1.165, 1.54) is 16.0 Å². The number of imide groups is 1. The number of anilines is 1. The number of nitrogens with zero attached hydrogens (tertiary/aromatic N) is 2. The van der Waals surface area contributed by atoms with E-state index in [0.29, 0.717) is 47.2 Å². The molecule has 2 aliphatic heterocycles. The summed E-state index contributed by atoms with van der Waals surface area (Å²) in [4.78, 5) is 30.7. The van der Waals surface area contributed by atoms with E-state index in [9.17, 15) is 9.59 Å². The highest BCUT2D eigenvalue weighted by molar-refractivity contribution is 6.45. The van der Waals surface area contributed by atoms with Gasteiger partial charge in [-0.3, -0.25) is 9.59 Å². The van der Waals surface area contributed by atoms with E-state index in [-0.39, 0.29) is 11.8 Å². The van der Waals surface area contributed by atoms with E-state index < -0.39 is 0 Å². The highest BCUT2D eigenvalue weighted by atomic mass is 35.5. The van der Waals surface area contributed by atoms with Crippen molar-refractivity contribution in [3.05, 3.63) is 100 Å². The number of hydrogen-bond acceptors (Lipinski definition) is 4. The first-order valence-corrected chi connectivity index (χ1v) is 11.4. The number of rotatable bonds is 5. The number of hydrogen-bond donors (Lipinski definition) is 0. The van der Waals surface area contributed by atoms with Gasteiger partial charge in [0, 0.05) is 18.1 Å². The van der Waals surface area contributed by atoms with Crippen molar-refractivity contribution < 1.29 is 14.3 Å². The topological polar surface area (TPSA) is 49.9 Å². The maximum atomic E-state index is 13.7. The second-order valence-electron chi connectivity index (χ2n) is 8.04. The number of carbonyl (C=O) groups excluding carboxylic acids is 2. The van der Waals surface area contributed by atoms with Crippen molar-refractivity contribution in [1.29, 1.82) is 0 Å². The van der Waals surface area contributed by atoms with Gasteiger partial charge in [0.15, 0.2) is 0 Å². The van der Waals surface area contributed by atoms with Gasteiger partial charge in [0.1, 0.15) is 11.4 Å². The predicted octanol–water partition coefficient (Wildman–Crippen LogP) is 5.08. The number of carbonyl (C=O) groups is 2. The van der Waals surface area contributed by atoms with Gasteiger partial charge in [-0.2, -0.15) is 0 Å². The third kappa shape index (κ3) is 3.89. The summed E-state index contributed by atoms with van der Waals surface area (Å²) in [7, 11) is 0. The molecule has 166 valence electrons. The lowest BCUT2D eigenvalue weighted by molar-refractivity contribution is -0.120. The Hall–Kier alpha value is -3.57. The molecular weight excluding hydrogens is 436 g/mol. The Kier molecular flexibility index (Phi) is 5.65. The molecule has 5 rings (SSSR count). The summed E-state index contributed by atoms with van der Waals surface area (Å²) in [5, 5.41) is 0.547. The fraction of sp³-hybridized carbons (Fsp3) is 0.185. The fourth-order valence-corrected chi connectivity index (χ4v) is 4.59. The van der Waals surface area contributed by atoms with Crippen LogP contribution >= 0.6 is 11.6 Å². The first-order valence-electron chi connectivity index (χ1n) is 11.0. The largest absolute Gasteiger partial charge is 0.494 e. The van der Waals surface area contributed by atoms with Gasteiger partial charge in [-0.15, -0.1) is 0 Å². The zero-order chi connectivity index (χ0) is 22.9. The average molecular weight is 459 g/mol. The minimum absolute atomic E-state index is 0.314. The lowest BCUT2D eigenvalue weighted by Crippen LogP contribution is -2.37. The van der Waals surface area contributed by atoms with Crippen LogP contribution in [0.3, 0.4) is 0 Å². The van der Waals surface area contributed by atoms with Crippen LogP contribution in [-0.4, -0.2) is 29.9 Å². The molecule has 6 heteroatoms. The van der Waals surface area contributed by atoms with Gasteiger partial charge < -0.3 is 9.64 Å². The summed E-state index contributed by atoms with van der Waals surface area (Å²) in [6.07, 6.45) is 0.818. The Bertz CT molecular complexity index is 1250. The molecule has 3 aromatic carbocycles. The highest BCUT2D eigenvalue weighted by Crippen LogP contribution is 2.37. The normalized spacial score (nSPS) is 15.8. The molecule has 0 aliphatic carbocycles. The summed E-state index contributed by atoms with van der Waals surface area (Å²) in [5.41, 5.74) is 4.51. The molecule has 33 heavy (non-hydrogen) atoms. The summed E-state index contributed by atoms with van der Waals surface area (Å²) >= 11 is 6.04. The van der Waals surface area contributed by atoms with Gasteiger partial charge >= 0.3 is 0 Å². The first kappa shape index (κ1) is 21.3. The van der Waals surface area contributed by atoms with Gasteiger partial charge in [-0.25, -0.2) is 4.90 Å². The third-order valence-electron chi connectivity index (χ3n) is 6.05. The van der Waals surface area contributed by atoms with Crippen molar-refractivity contribution in [3.63, 3.8) is 0 Å². The summed E-state index contributed by atoms with van der Waals surface area (Å²) in [6, 6.07) is 22.3. The minimum Gasteiger partial charge on any atom is -0.494 e. The van der Waals surface area contributed by atoms with E-state index in [1.807, 2.05) is 48.2 Å². The lowest BCUT2D eigenvalue weighted by atomic mass is 9.98. The molecule has 0 saturated heterocycles. The standard InChI is InChI=1S/C27H23ClN2O3/c1-2-33-23-13-7-19(8-14-23)24-25(29-16-15-18-5-3-4-6-20(18)17-29)27(32)30(26(24)31)22-11-9-21(28)10-12-22/h3-14H,2,15-17H2,1H3. The summed E-state index contributed by atoms with van der Waals surface area (Å²) < 4.78 is 5.55. The number of fused-ring (bicyclic) bond motifs is 1. The molecule has 0 unspecified atom stereocenters. The van der Waals surface area contributed by atoms with Crippen molar-refractivity contribution in [3.8, 4) is 5.75 Å². The Labute approximate surface area is 197 Å².